The number of carbonyl (C=O) groups excluding carboxylic acids is 4. The van der Waals surface area contributed by atoms with Gasteiger partial charge in [-0.05, 0) is 208 Å². The fourth-order valence-electron chi connectivity index (χ4n) is 13.4. The number of alkyl carbamates (subject to hydrolysis) is 2. The highest BCUT2D eigenvalue weighted by Gasteiger charge is 2.53. The maximum atomic E-state index is 13.8. The fourth-order valence-corrected chi connectivity index (χ4v) is 19.3. The topological polar surface area (TPSA) is 343 Å². The highest BCUT2D eigenvalue weighted by molar-refractivity contribution is 7.90. The van der Waals surface area contributed by atoms with E-state index in [2.05, 4.69) is 36.0 Å². The molecule has 2 atom stereocenters. The molecule has 4 bridgehead atoms. The average molecular weight is 1540 g/mol. The van der Waals surface area contributed by atoms with Crippen molar-refractivity contribution in [2.24, 2.45) is 5.73 Å². The minimum absolute atomic E-state index is 0. The largest absolute Gasteiger partial charge is 0.447 e. The van der Waals surface area contributed by atoms with Gasteiger partial charge in [-0.3, -0.25) is 15.4 Å². The number of sulfonamides is 2. The number of nitrogens with two attached hydrogens (primary N) is 1. The number of hydrogen-bond donors (Lipinski definition) is 8. The van der Waals surface area contributed by atoms with E-state index in [1.54, 1.807) is 78.2 Å². The third-order valence-corrected chi connectivity index (χ3v) is 24.7. The summed E-state index contributed by atoms with van der Waals surface area (Å²) in [4.78, 5) is 71.7. The number of ether oxygens (including phenoxy) is 3. The van der Waals surface area contributed by atoms with Gasteiger partial charge in [0.05, 0.1) is 52.7 Å². The molecule has 6 fully saturated rings. The van der Waals surface area contributed by atoms with Crippen molar-refractivity contribution in [3.8, 4) is 26.6 Å². The molecule has 13 rings (SSSR count). The summed E-state index contributed by atoms with van der Waals surface area (Å²) in [6.45, 7) is 21.8. The van der Waals surface area contributed by atoms with Crippen molar-refractivity contribution >= 4 is 111 Å². The Morgan fingerprint density at radius 2 is 0.923 bits per heavy atom. The van der Waals surface area contributed by atoms with E-state index >= 15 is 0 Å². The molecule has 6 saturated carbocycles. The zero-order valence-electron chi connectivity index (χ0n) is 60.9. The number of amides is 5. The molecule has 2 aromatic heterocycles. The van der Waals surface area contributed by atoms with Gasteiger partial charge in [0.25, 0.3) is 5.69 Å². The molecule has 9 N–H and O–H groups in total. The zero-order chi connectivity index (χ0) is 74.2. The molecule has 6 aliphatic carbocycles. The first-order chi connectivity index (χ1) is 47.9. The molecule has 24 nitrogen and oxygen atoms in total. The minimum atomic E-state index is -4.06. The van der Waals surface area contributed by atoms with Gasteiger partial charge in [0.1, 0.15) is 5.75 Å². The number of nitro groups is 1. The lowest BCUT2D eigenvalue weighted by Crippen LogP contribution is -2.58. The molecular weight excluding hydrogens is 1440 g/mol. The van der Waals surface area contributed by atoms with E-state index in [0.29, 0.717) is 21.7 Å². The van der Waals surface area contributed by atoms with Crippen LogP contribution in [0.15, 0.2) is 144 Å². The van der Waals surface area contributed by atoms with Crippen LogP contribution in [0.25, 0.3) is 20.9 Å². The molecule has 104 heavy (non-hydrogen) atoms. The smallest absolute Gasteiger partial charge is 0.417 e. The van der Waals surface area contributed by atoms with Crippen LogP contribution in [0.4, 0.5) is 36.2 Å². The Balaban J connectivity index is 0.000000255. The summed E-state index contributed by atoms with van der Waals surface area (Å²) in [5.74, 6) is 0.0810. The maximum absolute atomic E-state index is 13.8. The third-order valence-electron chi connectivity index (χ3n) is 18.5. The molecule has 564 valence electrons. The van der Waals surface area contributed by atoms with Crippen LogP contribution in [0.3, 0.4) is 0 Å². The quantitative estimate of drug-likeness (QED) is 0.0275. The molecule has 0 saturated heterocycles. The van der Waals surface area contributed by atoms with Gasteiger partial charge in [-0.25, -0.2) is 55.4 Å². The average Bonchev–Trinajstić information content (AvgIpc) is 1.32. The predicted octanol–water partition coefficient (Wildman–Crippen LogP) is 16.1. The Hall–Kier alpha value is -7.68. The molecule has 5 amide bonds. The van der Waals surface area contributed by atoms with Crippen molar-refractivity contribution in [1.29, 1.82) is 0 Å². The Labute approximate surface area is 632 Å². The van der Waals surface area contributed by atoms with Crippen molar-refractivity contribution < 1.29 is 55.1 Å². The summed E-state index contributed by atoms with van der Waals surface area (Å²) in [6.07, 6.45) is 11.6. The van der Waals surface area contributed by atoms with Gasteiger partial charge < -0.3 is 41.2 Å². The predicted molar refractivity (Wildman–Crippen MR) is 419 cm³/mol. The Morgan fingerprint density at radius 3 is 1.28 bits per heavy atom. The SMILES string of the molecule is CC(C)OC(=O)NC12CCC(c3ncc(-c4ccc(NC(=O)N[C@@H](C)c5ccccc5)cc4S(=O)(=O)NC(C)(C)C)s3)(CC1)CC2.CC(C)OC(=O)NC12CCC(c3ncc(-c4ccc(NC(=O)Oc5ccc([N+](=O)[O-])cc5)cc4S(=O)(=O)NC(C)(C)C)s3)(CC1)CC2.C[C@H](N)c1ccccc1.S.S. The van der Waals surface area contributed by atoms with Crippen LogP contribution in [0.2, 0.25) is 0 Å². The number of benzene rings is 5. The van der Waals surface area contributed by atoms with Crippen molar-refractivity contribution in [1.82, 2.24) is 35.4 Å². The number of urea groups is 1. The number of non-ortho nitro benzene ring substituents is 1. The number of carbonyl (C=O) groups is 4. The van der Waals surface area contributed by atoms with Gasteiger partial charge in [-0.2, -0.15) is 27.0 Å². The van der Waals surface area contributed by atoms with Crippen molar-refractivity contribution in [2.45, 2.75) is 227 Å². The highest BCUT2D eigenvalue weighted by atomic mass is 32.2. The normalized spacial score (nSPS) is 20.3. The van der Waals surface area contributed by atoms with Gasteiger partial charge in [0.15, 0.2) is 0 Å². The van der Waals surface area contributed by atoms with Crippen LogP contribution in [-0.4, -0.2) is 90.4 Å². The molecule has 5 aromatic carbocycles. The van der Waals surface area contributed by atoms with Crippen LogP contribution in [0, 0.1) is 10.1 Å². The summed E-state index contributed by atoms with van der Waals surface area (Å²) in [7, 11) is -8.04. The van der Waals surface area contributed by atoms with E-state index in [4.69, 9.17) is 29.9 Å². The lowest BCUT2D eigenvalue weighted by Gasteiger charge is -2.52. The monoisotopic (exact) mass is 1540 g/mol. The Morgan fingerprint density at radius 1 is 0.538 bits per heavy atom. The van der Waals surface area contributed by atoms with Crippen LogP contribution >= 0.6 is 49.7 Å². The van der Waals surface area contributed by atoms with Gasteiger partial charge in [-0.1, -0.05) is 72.8 Å². The highest BCUT2D eigenvalue weighted by Crippen LogP contribution is 2.57. The van der Waals surface area contributed by atoms with Crippen molar-refractivity contribution in [3.63, 3.8) is 0 Å². The number of aromatic nitrogens is 2. The molecule has 0 unspecified atom stereocenters. The summed E-state index contributed by atoms with van der Waals surface area (Å²) in [5, 5.41) is 27.4. The molecule has 0 radical (unpaired) electrons. The summed E-state index contributed by atoms with van der Waals surface area (Å²) in [5.41, 5.74) is 6.83. The minimum Gasteiger partial charge on any atom is -0.447 e. The van der Waals surface area contributed by atoms with E-state index < -0.39 is 48.2 Å². The van der Waals surface area contributed by atoms with E-state index in [1.165, 1.54) is 64.6 Å². The molecule has 2 heterocycles. The number of hydrogen-bond acceptors (Lipinski definition) is 18. The first kappa shape index (κ1) is 83.6. The van der Waals surface area contributed by atoms with Crippen LogP contribution < -0.4 is 46.5 Å². The summed E-state index contributed by atoms with van der Waals surface area (Å²) >= 11 is 2.98. The van der Waals surface area contributed by atoms with Crippen LogP contribution in [-0.2, 0) is 40.4 Å². The molecule has 30 heteroatoms. The molecule has 0 spiro atoms. The molecular formula is C74H99N11O13S6. The zero-order valence-corrected chi connectivity index (χ0v) is 66.1. The van der Waals surface area contributed by atoms with Crippen LogP contribution in [0.5, 0.6) is 5.75 Å². The second-order valence-electron chi connectivity index (χ2n) is 29.7. The molecule has 6 aliphatic rings. The Bertz CT molecular complexity index is 4320. The first-order valence-electron chi connectivity index (χ1n) is 34.3. The summed E-state index contributed by atoms with van der Waals surface area (Å²) in [6, 6.07) is 33.7. The van der Waals surface area contributed by atoms with Gasteiger partial charge in [-0.15, -0.1) is 22.7 Å². The number of nitro benzene ring substituents is 1. The number of nitrogens with zero attached hydrogens (tertiary/aromatic N) is 3. The second-order valence-corrected chi connectivity index (χ2v) is 35.0. The lowest BCUT2D eigenvalue weighted by molar-refractivity contribution is -0.384. The van der Waals surface area contributed by atoms with E-state index in [-0.39, 0.29) is 112 Å². The number of thiazole rings is 2. The van der Waals surface area contributed by atoms with Gasteiger partial charge in [0.2, 0.25) is 20.0 Å². The second kappa shape index (κ2) is 34.3. The van der Waals surface area contributed by atoms with E-state index in [1.807, 2.05) is 102 Å². The molecule has 0 aliphatic heterocycles. The standard InChI is InChI=1S/C34H45N5O5S2.C32H39N5O8S2.C8H11N.2H2S/c1-22(2)44-31(41)38-34-17-14-33(15-18-34,16-19-34)29-35-21-27(45-29)26-13-12-25(20-28(26)46(42,43)39-32(4,5)6)37-30(40)36-23(3)24-10-8-7-9-11-24;1-20(2)44-29(39)35-32-15-12-31(13-16-32,14-17-32)27-33-19-25(46-27)24-11-6-21(18-26(24)47(42,43)36-30(3,4)5)34-28(38)45-23-9-7-22(8-10-23)37(40)41;1-7(9)8-5-3-2-4-6-8;;/h7-13,20-23,39H,14-19H2,1-6H3,(H,38,41)(H2,36,37,40);6-11,18-20,36H,12-17H2,1-5H3,(H,34,38)(H,35,39);2-7H,9H2,1H3;2*1H2/t23-,33?,34?;;7-;;/m0.0../s1. The van der Waals surface area contributed by atoms with Gasteiger partial charge >= 0.3 is 24.3 Å². The lowest BCUT2D eigenvalue weighted by atomic mass is 9.57. The van der Waals surface area contributed by atoms with Crippen LogP contribution in [0.1, 0.15) is 193 Å². The fraction of sp³-hybridized carbons (Fsp3) is 0.459. The van der Waals surface area contributed by atoms with Crippen molar-refractivity contribution in [2.75, 3.05) is 10.6 Å². The number of nitrogens with one attached hydrogen (secondary N) is 7. The Kier molecular flexibility index (Phi) is 27.5. The third kappa shape index (κ3) is 21.8. The van der Waals surface area contributed by atoms with E-state index in [9.17, 15) is 46.1 Å². The first-order valence-corrected chi connectivity index (χ1v) is 38.9. The number of rotatable bonds is 19. The number of anilines is 2. The summed E-state index contributed by atoms with van der Waals surface area (Å²) < 4.78 is 76.3. The van der Waals surface area contributed by atoms with Gasteiger partial charge in [0, 0.05) is 86.1 Å². The van der Waals surface area contributed by atoms with Crippen molar-refractivity contribution in [3.05, 3.63) is 165 Å². The molecule has 7 aromatic rings. The number of fused-ring (bicyclic) bond motifs is 6. The maximum Gasteiger partial charge on any atom is 0.417 e. The van der Waals surface area contributed by atoms with E-state index in [0.717, 1.165) is 97.5 Å².